The van der Waals surface area contributed by atoms with E-state index in [0.717, 1.165) is 47.3 Å². The lowest BCUT2D eigenvalue weighted by Crippen LogP contribution is -2.62. The van der Waals surface area contributed by atoms with E-state index in [1.165, 1.54) is 36.9 Å². The van der Waals surface area contributed by atoms with Crippen LogP contribution in [0.3, 0.4) is 0 Å². The molecule has 1 aliphatic carbocycles. The van der Waals surface area contributed by atoms with E-state index >= 15 is 13.6 Å². The van der Waals surface area contributed by atoms with Crippen LogP contribution in [0.1, 0.15) is 128 Å². The molecule has 0 aliphatic heterocycles. The van der Waals surface area contributed by atoms with E-state index < -0.39 is 46.9 Å². The van der Waals surface area contributed by atoms with Crippen molar-refractivity contribution in [3.63, 3.8) is 0 Å². The number of aliphatic carboxylic acids is 1. The summed E-state index contributed by atoms with van der Waals surface area (Å²) in [5.41, 5.74) is 6.79. The number of hydrogen-bond donors (Lipinski definition) is 4. The number of carboxylic acids is 2. The average molecular weight is 1000 g/mol. The number of nitrogens with two attached hydrogens (primary N) is 1. The summed E-state index contributed by atoms with van der Waals surface area (Å²) in [7, 11) is 0. The Labute approximate surface area is 418 Å². The number of nitrogens with one attached hydrogen (secondary N) is 1. The van der Waals surface area contributed by atoms with Crippen molar-refractivity contribution in [3.8, 4) is 11.5 Å². The number of aryl methyl sites for hydroxylation is 1. The molecule has 0 fully saturated rings. The first kappa shape index (κ1) is 55.6. The zero-order chi connectivity index (χ0) is 52.0. The van der Waals surface area contributed by atoms with Gasteiger partial charge in [0.1, 0.15) is 29.6 Å². The highest BCUT2D eigenvalue weighted by Gasteiger charge is 2.57. The number of carbonyl (C=O) groups excluding carboxylic acids is 2. The summed E-state index contributed by atoms with van der Waals surface area (Å²) in [4.78, 5) is 69.7. The molecule has 3 atom stereocenters. The number of thiazole rings is 1. The first-order valence-electron chi connectivity index (χ1n) is 24.3. The maximum atomic E-state index is 15.2. The smallest absolute Gasteiger partial charge is 0.335 e. The molecule has 0 saturated carbocycles. The van der Waals surface area contributed by atoms with Crippen LogP contribution in [0.5, 0.6) is 0 Å². The summed E-state index contributed by atoms with van der Waals surface area (Å²) in [6.07, 6.45) is 11.8. The fourth-order valence-corrected chi connectivity index (χ4v) is 10.1. The second-order valence-corrected chi connectivity index (χ2v) is 19.2. The van der Waals surface area contributed by atoms with Gasteiger partial charge >= 0.3 is 11.9 Å². The fourth-order valence-electron chi connectivity index (χ4n) is 9.01. The Balaban J connectivity index is 0.000000327. The molecule has 71 heavy (non-hydrogen) atoms. The highest BCUT2D eigenvalue weighted by Crippen LogP contribution is 2.50. The standard InChI is InChI=1S/C35H45F2N5O4S.C18H22N2O4/c1-6-10-42(11-7-2)34(45)35(23-14-24(36)16-25(37)15-23)30(27(32-40-9-12-46-32)17-28(31(35)38)33(43)44)22(8-3)18-39-19-26-20-41-29(47-26)13-21(4)5;1-4-6-20(7-5-2)17(21)14-8-13(9-15(10-14)18(22)23)16-19-12(3)11-24-16/h9,12,14-17,20-22,31,39H,6-8,10-11,13,18-19,38H2,1-5H3,(H,43,44);8-11H,4-7H2,1-3H3,(H,22,23)/t22-,31+,35?;/m0./s1. The van der Waals surface area contributed by atoms with E-state index in [4.69, 9.17) is 14.6 Å². The maximum absolute atomic E-state index is 15.2. The Morgan fingerprint density at radius 2 is 1.48 bits per heavy atom. The molecule has 0 spiro atoms. The van der Waals surface area contributed by atoms with Crippen LogP contribution in [-0.4, -0.2) is 97.5 Å². The first-order valence-corrected chi connectivity index (χ1v) is 25.1. The summed E-state index contributed by atoms with van der Waals surface area (Å²) >= 11 is 1.63. The van der Waals surface area contributed by atoms with Gasteiger partial charge in [0.05, 0.1) is 34.1 Å². The normalized spacial score (nSPS) is 16.1. The lowest BCUT2D eigenvalue weighted by Gasteiger charge is -2.48. The van der Waals surface area contributed by atoms with Crippen molar-refractivity contribution < 1.29 is 47.0 Å². The van der Waals surface area contributed by atoms with Crippen molar-refractivity contribution >= 4 is 40.7 Å². The van der Waals surface area contributed by atoms with Crippen LogP contribution in [0, 0.1) is 30.4 Å². The Morgan fingerprint density at radius 3 is 2.01 bits per heavy atom. The van der Waals surface area contributed by atoms with Gasteiger partial charge in [-0.05, 0) is 98.4 Å². The number of hydrogen-bond acceptors (Lipinski definition) is 12. The summed E-state index contributed by atoms with van der Waals surface area (Å²) in [6, 6.07) is 5.91. The highest BCUT2D eigenvalue weighted by molar-refractivity contribution is 7.11. The number of aromatic nitrogens is 3. The van der Waals surface area contributed by atoms with E-state index in [0.29, 0.717) is 92.7 Å². The highest BCUT2D eigenvalue weighted by atomic mass is 32.1. The molecule has 2 amide bonds. The monoisotopic (exact) mass is 999 g/mol. The van der Waals surface area contributed by atoms with Gasteiger partial charge in [-0.1, -0.05) is 48.5 Å². The molecule has 0 saturated heterocycles. The number of rotatable bonds is 23. The molecule has 1 unspecified atom stereocenters. The van der Waals surface area contributed by atoms with Gasteiger partial charge in [-0.15, -0.1) is 11.3 Å². The predicted molar refractivity (Wildman–Crippen MR) is 269 cm³/mol. The lowest BCUT2D eigenvalue weighted by atomic mass is 9.58. The minimum atomic E-state index is -2.00. The van der Waals surface area contributed by atoms with Crippen LogP contribution in [-0.2, 0) is 28.0 Å². The van der Waals surface area contributed by atoms with Gasteiger partial charge in [0.2, 0.25) is 17.7 Å². The van der Waals surface area contributed by atoms with Crippen LogP contribution in [0.2, 0.25) is 0 Å². The number of carboxylic acid groups (broad SMARTS) is 2. The maximum Gasteiger partial charge on any atom is 0.335 e. The van der Waals surface area contributed by atoms with Gasteiger partial charge in [-0.3, -0.25) is 9.59 Å². The number of carbonyl (C=O) groups is 4. The molecule has 3 aromatic heterocycles. The zero-order valence-electron chi connectivity index (χ0n) is 41.9. The van der Waals surface area contributed by atoms with Gasteiger partial charge in [0.15, 0.2) is 0 Å². The molecule has 18 heteroatoms. The van der Waals surface area contributed by atoms with Crippen LogP contribution in [0.4, 0.5) is 8.78 Å². The van der Waals surface area contributed by atoms with Crippen LogP contribution in [0.25, 0.3) is 17.0 Å². The third-order valence-corrected chi connectivity index (χ3v) is 13.0. The predicted octanol–water partition coefficient (Wildman–Crippen LogP) is 9.73. The van der Waals surface area contributed by atoms with Crippen molar-refractivity contribution in [2.24, 2.45) is 17.6 Å². The van der Waals surface area contributed by atoms with E-state index in [2.05, 4.69) is 34.1 Å². The van der Waals surface area contributed by atoms with Crippen molar-refractivity contribution in [1.82, 2.24) is 30.1 Å². The number of nitrogens with zero attached hydrogens (tertiary/aromatic N) is 5. The summed E-state index contributed by atoms with van der Waals surface area (Å²) in [5, 5.41) is 24.3. The second-order valence-electron chi connectivity index (χ2n) is 18.1. The topological polar surface area (TPSA) is 218 Å². The van der Waals surface area contributed by atoms with E-state index in [-0.39, 0.29) is 34.1 Å². The number of amides is 2. The Hall–Kier alpha value is -6.37. The molecule has 0 radical (unpaired) electrons. The van der Waals surface area contributed by atoms with E-state index in [1.807, 2.05) is 40.8 Å². The quantitative estimate of drug-likeness (QED) is 0.0480. The zero-order valence-corrected chi connectivity index (χ0v) is 42.7. The number of halogens is 2. The molecule has 3 heterocycles. The number of oxazole rings is 2. The van der Waals surface area contributed by atoms with Gasteiger partial charge in [-0.2, -0.15) is 0 Å². The molecule has 382 valence electrons. The second kappa shape index (κ2) is 25.7. The summed E-state index contributed by atoms with van der Waals surface area (Å²) in [6.45, 7) is 18.7. The molecular weight excluding hydrogens is 933 g/mol. The van der Waals surface area contributed by atoms with Gasteiger partial charge < -0.3 is 39.9 Å². The Kier molecular flexibility index (Phi) is 20.1. The number of allylic oxidation sites excluding steroid dienone is 2. The summed E-state index contributed by atoms with van der Waals surface area (Å²) in [5.74, 6) is -4.56. The molecule has 0 bridgehead atoms. The largest absolute Gasteiger partial charge is 0.478 e. The third-order valence-electron chi connectivity index (χ3n) is 12.0. The average Bonchev–Trinajstić information content (AvgIpc) is 4.13. The van der Waals surface area contributed by atoms with Gasteiger partial charge in [0, 0.05) is 79.5 Å². The third kappa shape index (κ3) is 13.3. The van der Waals surface area contributed by atoms with E-state index in [1.54, 1.807) is 34.1 Å². The van der Waals surface area contributed by atoms with Crippen molar-refractivity contribution in [3.05, 3.63) is 128 Å². The lowest BCUT2D eigenvalue weighted by molar-refractivity contribution is -0.137. The minimum absolute atomic E-state index is 0.0413. The van der Waals surface area contributed by atoms with E-state index in [9.17, 15) is 24.6 Å². The van der Waals surface area contributed by atoms with Gasteiger partial charge in [0.25, 0.3) is 5.91 Å². The fraction of sp³-hybridized carbons (Fsp3) is 0.453. The molecule has 15 nitrogen and oxygen atoms in total. The number of aromatic carboxylic acids is 1. The Morgan fingerprint density at radius 1 is 0.845 bits per heavy atom. The van der Waals surface area contributed by atoms with Crippen LogP contribution in [0.15, 0.2) is 87.4 Å². The molecule has 1 aliphatic rings. The van der Waals surface area contributed by atoms with Crippen LogP contribution < -0.4 is 11.1 Å². The molecule has 5 aromatic rings. The molecular formula is C53H67F2N7O8S. The van der Waals surface area contributed by atoms with Crippen molar-refractivity contribution in [2.75, 3.05) is 32.7 Å². The van der Waals surface area contributed by atoms with Crippen molar-refractivity contribution in [1.29, 1.82) is 0 Å². The molecule has 6 rings (SSSR count). The minimum Gasteiger partial charge on any atom is -0.478 e. The molecule has 2 aromatic carbocycles. The SMILES string of the molecule is CCCN(CCC)C(=O)C1(c2cc(F)cc(F)c2)C([C@@H](CC)CNCc2cnc(CC(C)C)s2)=C(c2ncco2)C=C(C(=O)O)[C@H]1N.CCCN(CCC)C(=O)c1cc(C(=O)O)cc(-c2nc(C)co2)c1. The van der Waals surface area contributed by atoms with Crippen molar-refractivity contribution in [2.45, 2.75) is 112 Å². The van der Waals surface area contributed by atoms with Crippen LogP contribution >= 0.6 is 11.3 Å². The Bertz CT molecular complexity index is 2650. The summed E-state index contributed by atoms with van der Waals surface area (Å²) < 4.78 is 41.4. The number of benzene rings is 2. The molecule has 5 N–H and O–H groups in total. The first-order chi connectivity index (χ1) is 33.9. The van der Waals surface area contributed by atoms with Gasteiger partial charge in [-0.25, -0.2) is 33.3 Å².